The first kappa shape index (κ1) is 6.85. The number of nitrogens with one attached hydrogen (secondary N) is 1. The fraction of sp³-hybridized carbons (Fsp3) is 0.364. The van der Waals surface area contributed by atoms with Crippen LogP contribution in [0.5, 0.6) is 11.5 Å². The number of rotatable bonds is 3. The summed E-state index contributed by atoms with van der Waals surface area (Å²) in [5.41, 5.74) is 0.282. The van der Waals surface area contributed by atoms with Crippen LogP contribution in [-0.2, 0) is 0 Å². The van der Waals surface area contributed by atoms with Gasteiger partial charge >= 0.3 is 0 Å². The Bertz CT molecular complexity index is 479. The van der Waals surface area contributed by atoms with E-state index in [4.69, 9.17) is 13.6 Å². The summed E-state index contributed by atoms with van der Waals surface area (Å²) in [5, 5.41) is 2.47. The normalized spacial score (nSPS) is 24.9. The molecule has 2 rings (SSSR count). The third-order valence-electron chi connectivity index (χ3n) is 2.16. The van der Waals surface area contributed by atoms with Gasteiger partial charge in [-0.2, -0.15) is 0 Å². The van der Waals surface area contributed by atoms with E-state index < -0.39 is 18.6 Å². The highest BCUT2D eigenvalue weighted by molar-refractivity contribution is 6.00. The van der Waals surface area contributed by atoms with E-state index in [2.05, 4.69) is 5.32 Å². The van der Waals surface area contributed by atoms with Crippen LogP contribution in [-0.4, -0.2) is 25.6 Å². The molecular formula is C11H13NO3. The van der Waals surface area contributed by atoms with Crippen LogP contribution in [0.3, 0.4) is 0 Å². The van der Waals surface area contributed by atoms with Crippen molar-refractivity contribution in [3.05, 3.63) is 23.8 Å². The SMILES string of the molecule is [2H]CN[C@@]([2H])(C)C(=O)c1ccc2c(c1)OC([2H])O2. The van der Waals surface area contributed by atoms with Crippen LogP contribution >= 0.6 is 0 Å². The van der Waals surface area contributed by atoms with Crippen LogP contribution in [0, 0.1) is 0 Å². The van der Waals surface area contributed by atoms with Crippen LogP contribution in [0.1, 0.15) is 21.4 Å². The van der Waals surface area contributed by atoms with Gasteiger partial charge in [-0.25, -0.2) is 0 Å². The minimum atomic E-state index is -1.56. The molecule has 0 amide bonds. The Morgan fingerprint density at radius 3 is 3.27 bits per heavy atom. The predicted octanol–water partition coefficient (Wildman–Crippen LogP) is 1.21. The number of likely N-dealkylation sites (N-methyl/N-ethyl adjacent to an activating group) is 1. The molecule has 0 fully saturated rings. The number of fused-ring (bicyclic) bond motifs is 1. The van der Waals surface area contributed by atoms with Gasteiger partial charge in [-0.15, -0.1) is 0 Å². The first-order valence-electron chi connectivity index (χ1n) is 6.21. The first-order chi connectivity index (χ1) is 8.44. The smallest absolute Gasteiger partial charge is 0.231 e. The number of carbonyl (C=O) groups excluding carboxylic acids is 1. The third kappa shape index (κ3) is 1.80. The van der Waals surface area contributed by atoms with Crippen molar-refractivity contribution in [3.8, 4) is 11.5 Å². The minimum Gasteiger partial charge on any atom is -0.454 e. The van der Waals surface area contributed by atoms with Crippen molar-refractivity contribution in [1.29, 1.82) is 0 Å². The molecule has 0 aliphatic carbocycles. The molecule has 15 heavy (non-hydrogen) atoms. The summed E-state index contributed by atoms with van der Waals surface area (Å²) in [4.78, 5) is 12.1. The Balaban J connectivity index is 2.25. The summed E-state index contributed by atoms with van der Waals surface area (Å²) >= 11 is 0. The number of Topliss-reactive ketones (excluding diaryl/α,β-unsaturated/α-hetero) is 1. The minimum absolute atomic E-state index is 0.217. The summed E-state index contributed by atoms with van der Waals surface area (Å²) in [6.45, 7) is 0.279. The Hall–Kier alpha value is -1.55. The van der Waals surface area contributed by atoms with E-state index in [0.717, 1.165) is 0 Å². The summed E-state index contributed by atoms with van der Waals surface area (Å²) in [6, 6.07) is 2.94. The average Bonchev–Trinajstić information content (AvgIpc) is 2.66. The molecule has 4 nitrogen and oxygen atoms in total. The molecule has 1 heterocycles. The molecular weight excluding hydrogens is 194 g/mol. The van der Waals surface area contributed by atoms with E-state index in [1.165, 1.54) is 25.1 Å². The number of hydrogen-bond donors (Lipinski definition) is 1. The maximum atomic E-state index is 12.1. The van der Waals surface area contributed by atoms with Crippen LogP contribution in [0.15, 0.2) is 18.2 Å². The molecule has 1 aromatic carbocycles. The van der Waals surface area contributed by atoms with E-state index in [1.54, 1.807) is 0 Å². The number of ketones is 1. The van der Waals surface area contributed by atoms with Gasteiger partial charge in [0.15, 0.2) is 17.3 Å². The maximum Gasteiger partial charge on any atom is 0.231 e. The van der Waals surface area contributed by atoms with E-state index in [1.807, 2.05) is 0 Å². The highest BCUT2D eigenvalue weighted by Crippen LogP contribution is 2.32. The highest BCUT2D eigenvalue weighted by Gasteiger charge is 2.18. The molecule has 4 heteroatoms. The number of ether oxygens (including phenoxy) is 2. The second-order valence-corrected chi connectivity index (χ2v) is 3.12. The number of benzene rings is 1. The van der Waals surface area contributed by atoms with E-state index >= 15 is 0 Å². The molecule has 0 saturated carbocycles. The van der Waals surface area contributed by atoms with Gasteiger partial charge in [0, 0.05) is 6.93 Å². The topological polar surface area (TPSA) is 47.6 Å². The largest absolute Gasteiger partial charge is 0.454 e. The van der Waals surface area contributed by atoms with E-state index in [-0.39, 0.29) is 12.6 Å². The molecule has 0 bridgehead atoms. The lowest BCUT2D eigenvalue weighted by molar-refractivity contribution is 0.0954. The average molecular weight is 210 g/mol. The van der Waals surface area contributed by atoms with Crippen LogP contribution in [0.25, 0.3) is 0 Å². The Kier molecular flexibility index (Phi) is 1.78. The predicted molar refractivity (Wildman–Crippen MR) is 55.4 cm³/mol. The van der Waals surface area contributed by atoms with Gasteiger partial charge in [-0.1, -0.05) is 0 Å². The van der Waals surface area contributed by atoms with Crippen molar-refractivity contribution in [2.24, 2.45) is 0 Å². The van der Waals surface area contributed by atoms with Crippen molar-refractivity contribution in [2.75, 3.05) is 13.8 Å². The van der Waals surface area contributed by atoms with E-state index in [9.17, 15) is 4.79 Å². The highest BCUT2D eigenvalue weighted by atomic mass is 16.7. The first-order valence-corrected chi connectivity index (χ1v) is 4.43. The second kappa shape index (κ2) is 3.90. The Morgan fingerprint density at radius 1 is 1.67 bits per heavy atom. The summed E-state index contributed by atoms with van der Waals surface area (Å²) < 4.78 is 32.2. The lowest BCUT2D eigenvalue weighted by atomic mass is 10.1. The van der Waals surface area contributed by atoms with Crippen molar-refractivity contribution in [1.82, 2.24) is 5.32 Å². The molecule has 1 aliphatic rings. The molecule has 1 unspecified atom stereocenters. The van der Waals surface area contributed by atoms with E-state index in [0.29, 0.717) is 11.5 Å². The fourth-order valence-electron chi connectivity index (χ4n) is 1.26. The number of carbonyl (C=O) groups is 1. The zero-order valence-corrected chi connectivity index (χ0v) is 8.24. The van der Waals surface area contributed by atoms with Crippen molar-refractivity contribution in [2.45, 2.75) is 12.9 Å². The van der Waals surface area contributed by atoms with Gasteiger partial charge in [0.1, 0.15) is 1.37 Å². The van der Waals surface area contributed by atoms with Gasteiger partial charge in [0.2, 0.25) is 6.77 Å². The lowest BCUT2D eigenvalue weighted by Crippen LogP contribution is -2.30. The molecule has 0 radical (unpaired) electrons. The van der Waals surface area contributed by atoms with Crippen LogP contribution < -0.4 is 14.8 Å². The zero-order chi connectivity index (χ0) is 13.3. The Labute approximate surface area is 92.4 Å². The molecule has 80 valence electrons. The standard InChI is InChI=1S/C11H13NO3/c1-7(12-2)11(13)8-3-4-9-10(5-8)15-6-14-9/h3-5,7,12H,6H2,1-2H3/t7-/m0/s1/i2D,6D,7D/t6?,7-. The maximum absolute atomic E-state index is 12.1. The Morgan fingerprint density at radius 2 is 2.47 bits per heavy atom. The van der Waals surface area contributed by atoms with Gasteiger partial charge in [0.05, 0.1) is 7.39 Å². The summed E-state index contributed by atoms with van der Waals surface area (Å²) in [6.07, 6.45) is 0. The second-order valence-electron chi connectivity index (χ2n) is 3.12. The van der Waals surface area contributed by atoms with Crippen LogP contribution in [0.4, 0.5) is 0 Å². The van der Waals surface area contributed by atoms with Crippen molar-refractivity contribution < 1.29 is 18.4 Å². The molecule has 0 spiro atoms. The van der Waals surface area contributed by atoms with Gasteiger partial charge in [-0.3, -0.25) is 4.79 Å². The van der Waals surface area contributed by atoms with Gasteiger partial charge < -0.3 is 14.8 Å². The quantitative estimate of drug-likeness (QED) is 0.762. The van der Waals surface area contributed by atoms with Gasteiger partial charge in [-0.05, 0) is 32.1 Å². The number of hydrogen-bond acceptors (Lipinski definition) is 4. The fourth-order valence-corrected chi connectivity index (χ4v) is 1.26. The molecule has 0 saturated heterocycles. The summed E-state index contributed by atoms with van der Waals surface area (Å²) in [7, 11) is -0.217. The molecule has 0 aromatic heterocycles. The lowest BCUT2D eigenvalue weighted by Gasteiger charge is -2.09. The van der Waals surface area contributed by atoms with Crippen molar-refractivity contribution in [3.63, 3.8) is 0 Å². The third-order valence-corrected chi connectivity index (χ3v) is 2.16. The zero-order valence-electron chi connectivity index (χ0n) is 11.2. The molecule has 2 atom stereocenters. The molecule has 1 N–H and O–H groups in total. The monoisotopic (exact) mass is 210 g/mol. The molecule has 1 aromatic rings. The van der Waals surface area contributed by atoms with Crippen molar-refractivity contribution >= 4 is 5.78 Å². The van der Waals surface area contributed by atoms with Crippen LogP contribution in [0.2, 0.25) is 0 Å². The summed E-state index contributed by atoms with van der Waals surface area (Å²) in [5.74, 6) is 0.267. The van der Waals surface area contributed by atoms with Gasteiger partial charge in [0.25, 0.3) is 0 Å². The molecule has 1 aliphatic heterocycles.